The van der Waals surface area contributed by atoms with Crippen molar-refractivity contribution in [1.29, 1.82) is 0 Å². The molecule has 1 saturated heterocycles. The number of rotatable bonds is 4. The normalized spacial score (nSPS) is 22.9. The maximum atomic E-state index is 10.6. The molecule has 1 heterocycles. The van der Waals surface area contributed by atoms with E-state index in [1.807, 2.05) is 0 Å². The highest BCUT2D eigenvalue weighted by atomic mass is 16.5. The van der Waals surface area contributed by atoms with E-state index in [1.54, 1.807) is 0 Å². The van der Waals surface area contributed by atoms with Crippen LogP contribution in [0.3, 0.4) is 0 Å². The molecule has 1 atom stereocenters. The van der Waals surface area contributed by atoms with Crippen LogP contribution >= 0.6 is 0 Å². The summed E-state index contributed by atoms with van der Waals surface area (Å²) >= 11 is 0. The topological polar surface area (TPSA) is 49.8 Å². The number of hydrogen-bond donors (Lipinski definition) is 1. The third-order valence-electron chi connectivity index (χ3n) is 2.30. The van der Waals surface area contributed by atoms with Gasteiger partial charge in [-0.15, -0.1) is 12.3 Å². The highest BCUT2D eigenvalue weighted by molar-refractivity contribution is 5.67. The van der Waals surface area contributed by atoms with Gasteiger partial charge in [-0.3, -0.25) is 9.69 Å². The Labute approximate surface area is 83.8 Å². The number of carboxylic acids is 1. The Morgan fingerprint density at radius 1 is 1.71 bits per heavy atom. The molecule has 4 heteroatoms. The van der Waals surface area contributed by atoms with E-state index >= 15 is 0 Å². The van der Waals surface area contributed by atoms with Crippen molar-refractivity contribution < 1.29 is 14.6 Å². The van der Waals surface area contributed by atoms with Crippen LogP contribution in [0.15, 0.2) is 0 Å². The smallest absolute Gasteiger partial charge is 0.305 e. The second-order valence-electron chi connectivity index (χ2n) is 3.32. The molecular weight excluding hydrogens is 182 g/mol. The largest absolute Gasteiger partial charge is 0.481 e. The minimum atomic E-state index is -0.786. The molecule has 0 aromatic rings. The fourth-order valence-electron chi connectivity index (χ4n) is 1.58. The zero-order valence-electron chi connectivity index (χ0n) is 8.11. The van der Waals surface area contributed by atoms with Crippen LogP contribution in [-0.4, -0.2) is 48.3 Å². The van der Waals surface area contributed by atoms with Gasteiger partial charge in [0, 0.05) is 25.6 Å². The van der Waals surface area contributed by atoms with Crippen LogP contribution < -0.4 is 0 Å². The number of nitrogens with zero attached hydrogens (tertiary/aromatic N) is 1. The molecule has 1 N–H and O–H groups in total. The van der Waals surface area contributed by atoms with E-state index in [0.717, 1.165) is 13.1 Å². The van der Waals surface area contributed by atoms with Gasteiger partial charge in [-0.2, -0.15) is 0 Å². The molecule has 0 aromatic carbocycles. The summed E-state index contributed by atoms with van der Waals surface area (Å²) in [6.45, 7) is 2.70. The molecule has 4 nitrogen and oxygen atoms in total. The Morgan fingerprint density at radius 3 is 3.14 bits per heavy atom. The number of ether oxygens (including phenoxy) is 1. The van der Waals surface area contributed by atoms with Crippen molar-refractivity contribution in [3.05, 3.63) is 0 Å². The molecule has 0 aromatic heterocycles. The Balaban J connectivity index is 2.42. The average molecular weight is 197 g/mol. The van der Waals surface area contributed by atoms with Crippen molar-refractivity contribution in [1.82, 2.24) is 4.90 Å². The first kappa shape index (κ1) is 11.0. The third kappa shape index (κ3) is 3.36. The van der Waals surface area contributed by atoms with Crippen LogP contribution in [0.5, 0.6) is 0 Å². The quantitative estimate of drug-likeness (QED) is 0.653. The maximum Gasteiger partial charge on any atom is 0.305 e. The van der Waals surface area contributed by atoms with Crippen molar-refractivity contribution in [3.8, 4) is 12.3 Å². The Hall–Kier alpha value is -1.05. The predicted octanol–water partition coefficient (Wildman–Crippen LogP) is 0.185. The molecule has 1 aliphatic rings. The van der Waals surface area contributed by atoms with E-state index in [0.29, 0.717) is 19.6 Å². The minimum Gasteiger partial charge on any atom is -0.481 e. The molecule has 1 unspecified atom stereocenters. The Kier molecular flexibility index (Phi) is 4.44. The summed E-state index contributed by atoms with van der Waals surface area (Å²) < 4.78 is 5.24. The lowest BCUT2D eigenvalue weighted by molar-refractivity contribution is -0.140. The predicted molar refractivity (Wildman–Crippen MR) is 51.9 cm³/mol. The second-order valence-corrected chi connectivity index (χ2v) is 3.32. The number of carbonyl (C=O) groups is 1. The van der Waals surface area contributed by atoms with Crippen molar-refractivity contribution in [3.63, 3.8) is 0 Å². The monoisotopic (exact) mass is 197 g/mol. The number of terminal acetylenes is 1. The standard InChI is InChI=1S/C10H15NO3/c1-2-3-4-11-5-6-14-8-9(11)7-10(12)13/h1,9H,3-8H2,(H,12,13). The molecule has 0 aliphatic carbocycles. The lowest BCUT2D eigenvalue weighted by Gasteiger charge is -2.34. The van der Waals surface area contributed by atoms with Gasteiger partial charge < -0.3 is 9.84 Å². The summed E-state index contributed by atoms with van der Waals surface area (Å²) in [4.78, 5) is 12.7. The molecule has 0 spiro atoms. The number of morpholine rings is 1. The first-order valence-corrected chi connectivity index (χ1v) is 4.71. The molecule has 1 aliphatic heterocycles. The van der Waals surface area contributed by atoms with Gasteiger partial charge in [0.05, 0.1) is 19.6 Å². The molecular formula is C10H15NO3. The van der Waals surface area contributed by atoms with Crippen LogP contribution in [0.1, 0.15) is 12.8 Å². The van der Waals surface area contributed by atoms with Gasteiger partial charge in [0.25, 0.3) is 0 Å². The van der Waals surface area contributed by atoms with Gasteiger partial charge in [0.2, 0.25) is 0 Å². The van der Waals surface area contributed by atoms with Crippen molar-refractivity contribution >= 4 is 5.97 Å². The molecule has 0 bridgehead atoms. The molecule has 78 valence electrons. The summed E-state index contributed by atoms with van der Waals surface area (Å²) in [6.07, 6.45) is 5.96. The summed E-state index contributed by atoms with van der Waals surface area (Å²) in [7, 11) is 0. The lowest BCUT2D eigenvalue weighted by atomic mass is 10.1. The summed E-state index contributed by atoms with van der Waals surface area (Å²) in [6, 6.07) is -0.0189. The van der Waals surface area contributed by atoms with Gasteiger partial charge in [0.15, 0.2) is 0 Å². The second kappa shape index (κ2) is 5.63. The average Bonchev–Trinajstić information content (AvgIpc) is 2.16. The van der Waals surface area contributed by atoms with Crippen LogP contribution in [0.2, 0.25) is 0 Å². The minimum absolute atomic E-state index is 0.0189. The van der Waals surface area contributed by atoms with Crippen LogP contribution in [0.25, 0.3) is 0 Å². The molecule has 1 rings (SSSR count). The highest BCUT2D eigenvalue weighted by Gasteiger charge is 2.24. The van der Waals surface area contributed by atoms with Crippen molar-refractivity contribution in [2.75, 3.05) is 26.3 Å². The summed E-state index contributed by atoms with van der Waals surface area (Å²) in [5.41, 5.74) is 0. The first-order chi connectivity index (χ1) is 6.74. The number of carboxylic acid groups (broad SMARTS) is 1. The summed E-state index contributed by atoms with van der Waals surface area (Å²) in [5.74, 6) is 1.77. The number of hydrogen-bond acceptors (Lipinski definition) is 3. The zero-order valence-corrected chi connectivity index (χ0v) is 8.11. The van der Waals surface area contributed by atoms with E-state index in [2.05, 4.69) is 10.8 Å². The SMILES string of the molecule is C#CCCN1CCOCC1CC(=O)O. The molecule has 0 radical (unpaired) electrons. The van der Waals surface area contributed by atoms with E-state index in [1.165, 1.54) is 0 Å². The van der Waals surface area contributed by atoms with E-state index in [9.17, 15) is 4.79 Å². The molecule has 14 heavy (non-hydrogen) atoms. The lowest BCUT2D eigenvalue weighted by Crippen LogP contribution is -2.46. The fourth-order valence-corrected chi connectivity index (χ4v) is 1.58. The van der Waals surface area contributed by atoms with Crippen LogP contribution in [0.4, 0.5) is 0 Å². The van der Waals surface area contributed by atoms with Gasteiger partial charge in [-0.1, -0.05) is 0 Å². The van der Waals surface area contributed by atoms with Crippen LogP contribution in [0, 0.1) is 12.3 Å². The van der Waals surface area contributed by atoms with Crippen molar-refractivity contribution in [2.45, 2.75) is 18.9 Å². The Morgan fingerprint density at radius 2 is 2.50 bits per heavy atom. The zero-order chi connectivity index (χ0) is 10.4. The van der Waals surface area contributed by atoms with E-state index in [4.69, 9.17) is 16.3 Å². The molecule has 0 saturated carbocycles. The maximum absolute atomic E-state index is 10.6. The van der Waals surface area contributed by atoms with Gasteiger partial charge in [0.1, 0.15) is 0 Å². The molecule has 1 fully saturated rings. The summed E-state index contributed by atoms with van der Waals surface area (Å²) in [5, 5.41) is 8.69. The van der Waals surface area contributed by atoms with Crippen LogP contribution in [-0.2, 0) is 9.53 Å². The fraction of sp³-hybridized carbons (Fsp3) is 0.700. The van der Waals surface area contributed by atoms with Gasteiger partial charge in [-0.25, -0.2) is 0 Å². The van der Waals surface area contributed by atoms with Gasteiger partial charge in [-0.05, 0) is 0 Å². The van der Waals surface area contributed by atoms with Crippen molar-refractivity contribution in [2.24, 2.45) is 0 Å². The first-order valence-electron chi connectivity index (χ1n) is 4.71. The number of aliphatic carboxylic acids is 1. The third-order valence-corrected chi connectivity index (χ3v) is 2.30. The molecule has 0 amide bonds. The Bertz CT molecular complexity index is 234. The van der Waals surface area contributed by atoms with E-state index in [-0.39, 0.29) is 12.5 Å². The van der Waals surface area contributed by atoms with E-state index < -0.39 is 5.97 Å². The highest BCUT2D eigenvalue weighted by Crippen LogP contribution is 2.10. The van der Waals surface area contributed by atoms with Gasteiger partial charge >= 0.3 is 5.97 Å².